The number of hydrogen-bond donors (Lipinski definition) is 2. The number of aromatic amines is 1. The molecule has 2 N–H and O–H groups in total. The van der Waals surface area contributed by atoms with Crippen LogP contribution in [0.3, 0.4) is 0 Å². The van der Waals surface area contributed by atoms with Gasteiger partial charge in [0.15, 0.2) is 0 Å². The molecule has 1 fully saturated rings. The van der Waals surface area contributed by atoms with Crippen LogP contribution in [0.25, 0.3) is 0 Å². The highest BCUT2D eigenvalue weighted by atomic mass is 14.9. The minimum atomic E-state index is 0.663. The second-order valence-corrected chi connectivity index (χ2v) is 4.27. The van der Waals surface area contributed by atoms with Crippen LogP contribution in [-0.4, -0.2) is 18.1 Å². The van der Waals surface area contributed by atoms with Crippen molar-refractivity contribution in [3.05, 3.63) is 24.0 Å². The number of aromatic nitrogens is 1. The van der Waals surface area contributed by atoms with E-state index < -0.39 is 0 Å². The summed E-state index contributed by atoms with van der Waals surface area (Å²) in [4.78, 5) is 3.36. The van der Waals surface area contributed by atoms with Crippen LogP contribution in [0.4, 0.5) is 0 Å². The summed E-state index contributed by atoms with van der Waals surface area (Å²) >= 11 is 0. The third-order valence-electron chi connectivity index (χ3n) is 3.41. The Kier molecular flexibility index (Phi) is 3.25. The fourth-order valence-corrected chi connectivity index (χ4v) is 2.60. The number of H-pyrrole nitrogens is 1. The fourth-order valence-electron chi connectivity index (χ4n) is 2.60. The Bertz CT molecular complexity index is 253. The number of nitrogens with one attached hydrogen (secondary N) is 2. The zero-order valence-corrected chi connectivity index (χ0v) is 8.92. The molecule has 1 aliphatic carbocycles. The van der Waals surface area contributed by atoms with Gasteiger partial charge in [-0.2, -0.15) is 0 Å². The number of hydrogen-bond acceptors (Lipinski definition) is 1. The summed E-state index contributed by atoms with van der Waals surface area (Å²) in [6.07, 6.45) is 8.83. The van der Waals surface area contributed by atoms with Crippen LogP contribution < -0.4 is 5.32 Å². The lowest BCUT2D eigenvalue weighted by atomic mass is 9.92. The SMILES string of the molecule is CNC1CCCCCC1c1ccc[nH]1. The molecule has 14 heavy (non-hydrogen) atoms. The van der Waals surface area contributed by atoms with Crippen molar-refractivity contribution in [2.75, 3.05) is 7.05 Å². The normalized spacial score (nSPS) is 28.6. The third-order valence-corrected chi connectivity index (χ3v) is 3.41. The first-order valence-electron chi connectivity index (χ1n) is 5.72. The molecule has 1 aliphatic rings. The molecule has 2 nitrogen and oxygen atoms in total. The van der Waals surface area contributed by atoms with Crippen molar-refractivity contribution in [3.8, 4) is 0 Å². The zero-order valence-electron chi connectivity index (χ0n) is 8.92. The van der Waals surface area contributed by atoms with Crippen molar-refractivity contribution >= 4 is 0 Å². The molecule has 1 aromatic rings. The van der Waals surface area contributed by atoms with E-state index in [4.69, 9.17) is 0 Å². The summed E-state index contributed by atoms with van der Waals surface area (Å²) in [6, 6.07) is 4.99. The predicted octanol–water partition coefficient (Wildman–Crippen LogP) is 2.65. The fraction of sp³-hybridized carbons (Fsp3) is 0.667. The Morgan fingerprint density at radius 2 is 2.14 bits per heavy atom. The van der Waals surface area contributed by atoms with Crippen molar-refractivity contribution in [2.24, 2.45) is 0 Å². The van der Waals surface area contributed by atoms with Gasteiger partial charge in [0.1, 0.15) is 0 Å². The minimum absolute atomic E-state index is 0.663. The number of likely N-dealkylation sites (N-methyl/N-ethyl adjacent to an activating group) is 1. The summed E-state index contributed by atoms with van der Waals surface area (Å²) in [6.45, 7) is 0. The smallest absolute Gasteiger partial charge is 0.0194 e. The molecule has 2 rings (SSSR count). The van der Waals surface area contributed by atoms with Gasteiger partial charge in [-0.3, -0.25) is 0 Å². The first kappa shape index (κ1) is 9.78. The van der Waals surface area contributed by atoms with Gasteiger partial charge < -0.3 is 10.3 Å². The van der Waals surface area contributed by atoms with Crippen LogP contribution in [0.1, 0.15) is 43.7 Å². The van der Waals surface area contributed by atoms with Crippen LogP contribution >= 0.6 is 0 Å². The Hall–Kier alpha value is -0.760. The van der Waals surface area contributed by atoms with Crippen LogP contribution in [-0.2, 0) is 0 Å². The van der Waals surface area contributed by atoms with Gasteiger partial charge in [0.05, 0.1) is 0 Å². The lowest BCUT2D eigenvalue weighted by Gasteiger charge is -2.23. The Morgan fingerprint density at radius 3 is 2.86 bits per heavy atom. The molecule has 0 saturated heterocycles. The zero-order chi connectivity index (χ0) is 9.80. The summed E-state index contributed by atoms with van der Waals surface area (Å²) in [5, 5.41) is 3.46. The van der Waals surface area contributed by atoms with Crippen molar-refractivity contribution in [1.82, 2.24) is 10.3 Å². The lowest BCUT2D eigenvalue weighted by Crippen LogP contribution is -2.31. The molecule has 0 spiro atoms. The van der Waals surface area contributed by atoms with E-state index in [1.54, 1.807) is 0 Å². The van der Waals surface area contributed by atoms with Gasteiger partial charge in [-0.05, 0) is 32.0 Å². The molecule has 0 radical (unpaired) electrons. The maximum absolute atomic E-state index is 3.46. The highest BCUT2D eigenvalue weighted by Crippen LogP contribution is 2.30. The summed E-state index contributed by atoms with van der Waals surface area (Å²) in [5.74, 6) is 0.692. The predicted molar refractivity (Wildman–Crippen MR) is 59.5 cm³/mol. The van der Waals surface area contributed by atoms with Crippen molar-refractivity contribution in [1.29, 1.82) is 0 Å². The highest BCUT2D eigenvalue weighted by Gasteiger charge is 2.23. The largest absolute Gasteiger partial charge is 0.365 e. The first-order chi connectivity index (χ1) is 6.92. The van der Waals surface area contributed by atoms with Gasteiger partial charge in [0.2, 0.25) is 0 Å². The van der Waals surface area contributed by atoms with E-state index in [2.05, 4.69) is 29.5 Å². The molecule has 0 aromatic carbocycles. The third kappa shape index (κ3) is 2.01. The Balaban J connectivity index is 2.12. The Morgan fingerprint density at radius 1 is 1.29 bits per heavy atom. The first-order valence-corrected chi connectivity index (χ1v) is 5.72. The standard InChI is InChI=1S/C12H20N2/c1-13-11-7-4-2-3-6-10(11)12-8-5-9-14-12/h5,8-11,13-14H,2-4,6-7H2,1H3. The second-order valence-electron chi connectivity index (χ2n) is 4.27. The van der Waals surface area contributed by atoms with Gasteiger partial charge in [0, 0.05) is 23.9 Å². The van der Waals surface area contributed by atoms with E-state index in [1.165, 1.54) is 37.8 Å². The van der Waals surface area contributed by atoms with Gasteiger partial charge in [-0.15, -0.1) is 0 Å². The minimum Gasteiger partial charge on any atom is -0.365 e. The molecule has 1 aromatic heterocycles. The summed E-state index contributed by atoms with van der Waals surface area (Å²) in [7, 11) is 2.09. The van der Waals surface area contributed by atoms with Crippen LogP contribution in [0.15, 0.2) is 18.3 Å². The van der Waals surface area contributed by atoms with Crippen molar-refractivity contribution < 1.29 is 0 Å². The van der Waals surface area contributed by atoms with Crippen LogP contribution in [0.5, 0.6) is 0 Å². The van der Waals surface area contributed by atoms with E-state index >= 15 is 0 Å². The lowest BCUT2D eigenvalue weighted by molar-refractivity contribution is 0.433. The van der Waals surface area contributed by atoms with E-state index in [0.29, 0.717) is 12.0 Å². The van der Waals surface area contributed by atoms with Gasteiger partial charge >= 0.3 is 0 Å². The molecule has 2 atom stereocenters. The van der Waals surface area contributed by atoms with Gasteiger partial charge in [0.25, 0.3) is 0 Å². The molecule has 78 valence electrons. The maximum atomic E-state index is 3.46. The van der Waals surface area contributed by atoms with Crippen LogP contribution in [0, 0.1) is 0 Å². The van der Waals surface area contributed by atoms with E-state index in [1.807, 2.05) is 6.20 Å². The molecular formula is C12H20N2. The quantitative estimate of drug-likeness (QED) is 0.693. The van der Waals surface area contributed by atoms with E-state index in [9.17, 15) is 0 Å². The monoisotopic (exact) mass is 192 g/mol. The average Bonchev–Trinajstić information content (AvgIpc) is 2.63. The maximum Gasteiger partial charge on any atom is 0.0194 e. The molecule has 1 saturated carbocycles. The van der Waals surface area contributed by atoms with Crippen molar-refractivity contribution in [2.45, 2.75) is 44.1 Å². The molecule has 0 amide bonds. The second kappa shape index (κ2) is 4.65. The number of rotatable bonds is 2. The molecule has 0 aliphatic heterocycles. The molecular weight excluding hydrogens is 172 g/mol. The average molecular weight is 192 g/mol. The summed E-state index contributed by atoms with van der Waals surface area (Å²) in [5.41, 5.74) is 1.41. The Labute approximate surface area is 86.1 Å². The highest BCUT2D eigenvalue weighted by molar-refractivity contribution is 5.13. The topological polar surface area (TPSA) is 27.8 Å². The van der Waals surface area contributed by atoms with E-state index in [0.717, 1.165) is 0 Å². The van der Waals surface area contributed by atoms with Crippen molar-refractivity contribution in [3.63, 3.8) is 0 Å². The summed E-state index contributed by atoms with van der Waals surface area (Å²) < 4.78 is 0. The van der Waals surface area contributed by atoms with Gasteiger partial charge in [-0.25, -0.2) is 0 Å². The van der Waals surface area contributed by atoms with Crippen LogP contribution in [0.2, 0.25) is 0 Å². The van der Waals surface area contributed by atoms with Gasteiger partial charge in [-0.1, -0.05) is 19.3 Å². The molecule has 1 heterocycles. The molecule has 2 unspecified atom stereocenters. The molecule has 2 heteroatoms. The van der Waals surface area contributed by atoms with E-state index in [-0.39, 0.29) is 0 Å². The molecule has 0 bridgehead atoms.